The summed E-state index contributed by atoms with van der Waals surface area (Å²) < 4.78 is 0. The van der Waals surface area contributed by atoms with Gasteiger partial charge in [-0.1, -0.05) is 12.1 Å². The van der Waals surface area contributed by atoms with Crippen molar-refractivity contribution >= 4 is 11.7 Å². The van der Waals surface area contributed by atoms with Crippen LogP contribution in [0.3, 0.4) is 0 Å². The third kappa shape index (κ3) is 5.52. The van der Waals surface area contributed by atoms with Crippen molar-refractivity contribution in [2.24, 2.45) is 5.92 Å². The third-order valence-corrected chi connectivity index (χ3v) is 4.29. The molecule has 126 valence electrons. The van der Waals surface area contributed by atoms with Gasteiger partial charge in [-0.15, -0.1) is 0 Å². The Balaban J connectivity index is 1.66. The molecule has 1 aliphatic carbocycles. The van der Waals surface area contributed by atoms with Crippen molar-refractivity contribution in [1.82, 2.24) is 10.6 Å². The normalized spacial score (nSPS) is 20.7. The lowest BCUT2D eigenvalue weighted by Gasteiger charge is -2.27. The van der Waals surface area contributed by atoms with E-state index in [1.807, 2.05) is 0 Å². The van der Waals surface area contributed by atoms with E-state index < -0.39 is 4.92 Å². The molecule has 1 aromatic rings. The highest BCUT2D eigenvalue weighted by Crippen LogP contribution is 2.23. The zero-order valence-corrected chi connectivity index (χ0v) is 13.0. The molecular weight excluding hydrogens is 298 g/mol. The Bertz CT molecular complexity index is 525. The van der Waals surface area contributed by atoms with Crippen molar-refractivity contribution in [3.05, 3.63) is 39.9 Å². The first-order chi connectivity index (χ1) is 11.1. The van der Waals surface area contributed by atoms with Gasteiger partial charge in [0, 0.05) is 31.3 Å². The van der Waals surface area contributed by atoms with Crippen molar-refractivity contribution in [3.63, 3.8) is 0 Å². The minimum atomic E-state index is -0.430. The Hall–Kier alpha value is -2.15. The van der Waals surface area contributed by atoms with Crippen molar-refractivity contribution < 1.29 is 14.8 Å². The number of nitro groups is 1. The van der Waals surface area contributed by atoms with Crippen molar-refractivity contribution in [2.45, 2.75) is 38.1 Å². The van der Waals surface area contributed by atoms with Gasteiger partial charge in [0.25, 0.3) is 5.69 Å². The van der Waals surface area contributed by atoms with Crippen LogP contribution in [-0.2, 0) is 6.42 Å². The predicted molar refractivity (Wildman–Crippen MR) is 86.2 cm³/mol. The molecule has 0 atom stereocenters. The van der Waals surface area contributed by atoms with Gasteiger partial charge >= 0.3 is 6.03 Å². The molecule has 7 heteroatoms. The molecule has 1 saturated carbocycles. The highest BCUT2D eigenvalue weighted by molar-refractivity contribution is 5.74. The minimum Gasteiger partial charge on any atom is -0.396 e. The second kappa shape index (κ2) is 8.47. The second-order valence-electron chi connectivity index (χ2n) is 5.97. The van der Waals surface area contributed by atoms with Gasteiger partial charge in [0.15, 0.2) is 0 Å². The van der Waals surface area contributed by atoms with Gasteiger partial charge in [0.2, 0.25) is 0 Å². The van der Waals surface area contributed by atoms with Crippen LogP contribution in [0.2, 0.25) is 0 Å². The molecule has 1 fully saturated rings. The molecule has 0 saturated heterocycles. The van der Waals surface area contributed by atoms with E-state index in [0.717, 1.165) is 31.2 Å². The lowest BCUT2D eigenvalue weighted by atomic mass is 9.87. The predicted octanol–water partition coefficient (Wildman–Crippen LogP) is 1.99. The molecule has 0 aromatic heterocycles. The van der Waals surface area contributed by atoms with Gasteiger partial charge < -0.3 is 15.7 Å². The van der Waals surface area contributed by atoms with Crippen molar-refractivity contribution in [3.8, 4) is 0 Å². The first kappa shape index (κ1) is 17.2. The number of non-ortho nitro benzene ring substituents is 1. The van der Waals surface area contributed by atoms with E-state index >= 15 is 0 Å². The van der Waals surface area contributed by atoms with Crippen LogP contribution in [0.25, 0.3) is 0 Å². The van der Waals surface area contributed by atoms with E-state index in [-0.39, 0.29) is 24.4 Å². The van der Waals surface area contributed by atoms with E-state index in [4.69, 9.17) is 5.11 Å². The molecule has 3 N–H and O–H groups in total. The van der Waals surface area contributed by atoms with Gasteiger partial charge in [0.1, 0.15) is 0 Å². The summed E-state index contributed by atoms with van der Waals surface area (Å²) in [5, 5.41) is 25.4. The molecule has 1 aliphatic rings. The molecule has 0 aliphatic heterocycles. The van der Waals surface area contributed by atoms with Gasteiger partial charge in [0.05, 0.1) is 4.92 Å². The molecule has 7 nitrogen and oxygen atoms in total. The number of nitro benzene ring substituents is 1. The van der Waals surface area contributed by atoms with E-state index in [1.165, 1.54) is 12.1 Å². The first-order valence-electron chi connectivity index (χ1n) is 7.97. The van der Waals surface area contributed by atoms with Gasteiger partial charge in [-0.05, 0) is 43.6 Å². The number of benzene rings is 1. The molecule has 2 rings (SSSR count). The number of amides is 2. The van der Waals surface area contributed by atoms with Crippen LogP contribution in [0.4, 0.5) is 10.5 Å². The summed E-state index contributed by atoms with van der Waals surface area (Å²) in [5.41, 5.74) is 1.01. The molecule has 23 heavy (non-hydrogen) atoms. The zero-order chi connectivity index (χ0) is 16.7. The third-order valence-electron chi connectivity index (χ3n) is 4.29. The average Bonchev–Trinajstić information content (AvgIpc) is 2.56. The molecule has 0 heterocycles. The van der Waals surface area contributed by atoms with Gasteiger partial charge in [-0.25, -0.2) is 4.79 Å². The molecule has 0 radical (unpaired) electrons. The molecular formula is C16H23N3O4. The number of nitrogens with zero attached hydrogens (tertiary/aromatic N) is 1. The van der Waals surface area contributed by atoms with E-state index in [2.05, 4.69) is 10.6 Å². The molecule has 0 bridgehead atoms. The monoisotopic (exact) mass is 321 g/mol. The number of carbonyl (C=O) groups is 1. The molecule has 2 amide bonds. The maximum Gasteiger partial charge on any atom is 0.315 e. The largest absolute Gasteiger partial charge is 0.396 e. The van der Waals surface area contributed by atoms with E-state index in [9.17, 15) is 14.9 Å². The SMILES string of the molecule is O=C(NCCc1ccc([N+](=O)[O-])cc1)NC1CCC(CO)CC1. The Kier molecular flexibility index (Phi) is 6.34. The highest BCUT2D eigenvalue weighted by Gasteiger charge is 2.21. The van der Waals surface area contributed by atoms with Crippen LogP contribution in [-0.4, -0.2) is 35.3 Å². The Labute approximate surface area is 135 Å². The van der Waals surface area contributed by atoms with Crippen LogP contribution < -0.4 is 10.6 Å². The standard InChI is InChI=1S/C16H23N3O4/c20-11-13-1-5-14(6-2-13)18-16(21)17-10-9-12-3-7-15(8-4-12)19(22)23/h3-4,7-8,13-14,20H,1-2,5-6,9-11H2,(H2,17,18,21). The average molecular weight is 321 g/mol. The fourth-order valence-electron chi connectivity index (χ4n) is 2.83. The van der Waals surface area contributed by atoms with Crippen LogP contribution in [0.1, 0.15) is 31.2 Å². The number of aliphatic hydroxyl groups is 1. The smallest absolute Gasteiger partial charge is 0.315 e. The second-order valence-corrected chi connectivity index (χ2v) is 5.97. The quantitative estimate of drug-likeness (QED) is 0.550. The fourth-order valence-corrected chi connectivity index (χ4v) is 2.83. The lowest BCUT2D eigenvalue weighted by Crippen LogP contribution is -2.44. The van der Waals surface area contributed by atoms with Crippen molar-refractivity contribution in [2.75, 3.05) is 13.2 Å². The van der Waals surface area contributed by atoms with E-state index in [1.54, 1.807) is 12.1 Å². The first-order valence-corrected chi connectivity index (χ1v) is 7.97. The number of urea groups is 1. The summed E-state index contributed by atoms with van der Waals surface area (Å²) in [6, 6.07) is 6.34. The summed E-state index contributed by atoms with van der Waals surface area (Å²) >= 11 is 0. The Morgan fingerprint density at radius 3 is 2.43 bits per heavy atom. The topological polar surface area (TPSA) is 104 Å². The summed E-state index contributed by atoms with van der Waals surface area (Å²) in [5.74, 6) is 0.373. The number of carbonyl (C=O) groups excluding carboxylic acids is 1. The number of hydrogen-bond acceptors (Lipinski definition) is 4. The lowest BCUT2D eigenvalue weighted by molar-refractivity contribution is -0.384. The molecule has 0 spiro atoms. The van der Waals surface area contributed by atoms with E-state index in [0.29, 0.717) is 18.9 Å². The summed E-state index contributed by atoms with van der Waals surface area (Å²) in [6.07, 6.45) is 4.33. The number of rotatable bonds is 6. The minimum absolute atomic E-state index is 0.0675. The van der Waals surface area contributed by atoms with Crippen LogP contribution in [0.15, 0.2) is 24.3 Å². The van der Waals surface area contributed by atoms with Crippen LogP contribution in [0.5, 0.6) is 0 Å². The summed E-state index contributed by atoms with van der Waals surface area (Å²) in [7, 11) is 0. The summed E-state index contributed by atoms with van der Waals surface area (Å²) in [4.78, 5) is 22.0. The Morgan fingerprint density at radius 1 is 1.22 bits per heavy atom. The fraction of sp³-hybridized carbons (Fsp3) is 0.562. The number of hydrogen-bond donors (Lipinski definition) is 3. The number of aliphatic hydroxyl groups excluding tert-OH is 1. The highest BCUT2D eigenvalue weighted by atomic mass is 16.6. The summed E-state index contributed by atoms with van der Waals surface area (Å²) in [6.45, 7) is 0.712. The van der Waals surface area contributed by atoms with Crippen LogP contribution in [0, 0.1) is 16.0 Å². The Morgan fingerprint density at radius 2 is 1.87 bits per heavy atom. The molecule has 1 aromatic carbocycles. The zero-order valence-electron chi connectivity index (χ0n) is 13.0. The van der Waals surface area contributed by atoms with Gasteiger partial charge in [-0.3, -0.25) is 10.1 Å². The van der Waals surface area contributed by atoms with Crippen molar-refractivity contribution in [1.29, 1.82) is 0 Å². The maximum atomic E-state index is 11.8. The number of nitrogens with one attached hydrogen (secondary N) is 2. The van der Waals surface area contributed by atoms with Crippen LogP contribution >= 0.6 is 0 Å². The van der Waals surface area contributed by atoms with Gasteiger partial charge in [-0.2, -0.15) is 0 Å². The maximum absolute atomic E-state index is 11.8. The molecule has 0 unspecified atom stereocenters.